The summed E-state index contributed by atoms with van der Waals surface area (Å²) >= 11 is 0. The van der Waals surface area contributed by atoms with Crippen molar-refractivity contribution in [3.8, 4) is 28.7 Å². The number of nitrogens with zero attached hydrogens (tertiary/aromatic N) is 5. The van der Waals surface area contributed by atoms with Gasteiger partial charge >= 0.3 is 0 Å². The second kappa shape index (κ2) is 6.13. The minimum Gasteiger partial charge on any atom is -0.302 e. The van der Waals surface area contributed by atoms with Crippen LogP contribution in [0.3, 0.4) is 0 Å². The maximum Gasteiger partial charge on any atom is 0.179 e. The molecule has 6 nitrogen and oxygen atoms in total. The molecule has 0 saturated carbocycles. The van der Waals surface area contributed by atoms with Crippen molar-refractivity contribution in [2.45, 2.75) is 18.9 Å². The highest BCUT2D eigenvalue weighted by Crippen LogP contribution is 2.32. The molecule has 0 spiro atoms. The summed E-state index contributed by atoms with van der Waals surface area (Å²) in [7, 11) is 0. The van der Waals surface area contributed by atoms with Crippen LogP contribution in [0.15, 0.2) is 48.9 Å². The van der Waals surface area contributed by atoms with Gasteiger partial charge in [-0.1, -0.05) is 0 Å². The molecule has 1 aliphatic rings. The van der Waals surface area contributed by atoms with Crippen molar-refractivity contribution < 1.29 is 0 Å². The second-order valence-corrected chi connectivity index (χ2v) is 5.83. The number of nitriles is 1. The Labute approximate surface area is 139 Å². The fraction of sp³-hybridized carbons (Fsp3) is 0.222. The maximum atomic E-state index is 9.21. The summed E-state index contributed by atoms with van der Waals surface area (Å²) in [6, 6.07) is 9.97. The average molecular weight is 316 g/mol. The minimum absolute atomic E-state index is 0.107. The Hall–Kier alpha value is -3.20. The molecule has 24 heavy (non-hydrogen) atoms. The SMILES string of the molecule is N#CN1CCCC1c1cc(-c2ccnc(-c3cccnc3)c2)n[nH]1. The molecule has 4 heterocycles. The molecule has 1 unspecified atom stereocenters. The number of likely N-dealkylation sites (tertiary alicyclic amines) is 1. The third-order valence-corrected chi connectivity index (χ3v) is 4.35. The molecule has 1 fully saturated rings. The normalized spacial score (nSPS) is 17.0. The molecule has 6 heteroatoms. The van der Waals surface area contributed by atoms with Crippen LogP contribution in [0, 0.1) is 11.5 Å². The van der Waals surface area contributed by atoms with E-state index in [-0.39, 0.29) is 6.04 Å². The highest BCUT2D eigenvalue weighted by atomic mass is 15.2. The van der Waals surface area contributed by atoms with Crippen LogP contribution in [-0.4, -0.2) is 31.6 Å². The smallest absolute Gasteiger partial charge is 0.179 e. The van der Waals surface area contributed by atoms with Crippen molar-refractivity contribution in [1.82, 2.24) is 25.1 Å². The van der Waals surface area contributed by atoms with Crippen molar-refractivity contribution in [1.29, 1.82) is 5.26 Å². The van der Waals surface area contributed by atoms with Gasteiger partial charge in [0.15, 0.2) is 6.19 Å². The molecule has 0 aromatic carbocycles. The lowest BCUT2D eigenvalue weighted by Crippen LogP contribution is -2.17. The van der Waals surface area contributed by atoms with Gasteiger partial charge in [-0.05, 0) is 43.2 Å². The molecular formula is C18H16N6. The molecule has 0 amide bonds. The van der Waals surface area contributed by atoms with E-state index in [0.29, 0.717) is 0 Å². The van der Waals surface area contributed by atoms with Gasteiger partial charge < -0.3 is 4.90 Å². The number of hydrogen-bond donors (Lipinski definition) is 1. The molecule has 0 radical (unpaired) electrons. The predicted octanol–water partition coefficient (Wildman–Crippen LogP) is 3.15. The fourth-order valence-electron chi connectivity index (χ4n) is 3.13. The van der Waals surface area contributed by atoms with Crippen LogP contribution in [0.25, 0.3) is 22.5 Å². The molecule has 4 rings (SSSR count). The number of pyridine rings is 2. The van der Waals surface area contributed by atoms with E-state index in [2.05, 4.69) is 26.4 Å². The Balaban J connectivity index is 1.65. The van der Waals surface area contributed by atoms with E-state index in [1.165, 1.54) is 0 Å². The Morgan fingerprint density at radius 2 is 2.12 bits per heavy atom. The lowest BCUT2D eigenvalue weighted by atomic mass is 10.1. The molecular weight excluding hydrogens is 300 g/mol. The van der Waals surface area contributed by atoms with Crippen molar-refractivity contribution in [3.05, 3.63) is 54.6 Å². The van der Waals surface area contributed by atoms with Crippen molar-refractivity contribution in [3.63, 3.8) is 0 Å². The monoisotopic (exact) mass is 316 g/mol. The number of H-pyrrole nitrogens is 1. The fourth-order valence-corrected chi connectivity index (χ4v) is 3.13. The third-order valence-electron chi connectivity index (χ3n) is 4.35. The summed E-state index contributed by atoms with van der Waals surface area (Å²) in [5, 5.41) is 16.7. The highest BCUT2D eigenvalue weighted by molar-refractivity contribution is 5.67. The molecule has 118 valence electrons. The zero-order chi connectivity index (χ0) is 16.4. The van der Waals surface area contributed by atoms with E-state index in [1.807, 2.05) is 35.2 Å². The molecule has 0 aliphatic carbocycles. The average Bonchev–Trinajstić information content (AvgIpc) is 3.31. The topological polar surface area (TPSA) is 81.5 Å². The molecule has 1 aliphatic heterocycles. The Kier molecular flexibility index (Phi) is 3.67. The molecule has 0 bridgehead atoms. The van der Waals surface area contributed by atoms with Gasteiger partial charge in [-0.3, -0.25) is 15.1 Å². The number of hydrogen-bond acceptors (Lipinski definition) is 5. The molecule has 3 aromatic rings. The largest absolute Gasteiger partial charge is 0.302 e. The van der Waals surface area contributed by atoms with Gasteiger partial charge in [-0.25, -0.2) is 0 Å². The van der Waals surface area contributed by atoms with Crippen LogP contribution in [0.5, 0.6) is 0 Å². The van der Waals surface area contributed by atoms with E-state index >= 15 is 0 Å². The highest BCUT2D eigenvalue weighted by Gasteiger charge is 2.26. The van der Waals surface area contributed by atoms with Gasteiger partial charge in [0, 0.05) is 36.3 Å². The molecule has 1 atom stereocenters. The first kappa shape index (κ1) is 14.4. The zero-order valence-corrected chi connectivity index (χ0v) is 13.1. The van der Waals surface area contributed by atoms with Gasteiger partial charge in [0.2, 0.25) is 0 Å². The van der Waals surface area contributed by atoms with Crippen LogP contribution in [0.2, 0.25) is 0 Å². The Bertz CT molecular complexity index is 880. The lowest BCUT2D eigenvalue weighted by Gasteiger charge is -2.15. The molecule has 3 aromatic heterocycles. The summed E-state index contributed by atoms with van der Waals surface area (Å²) in [5.41, 5.74) is 4.69. The maximum absolute atomic E-state index is 9.21. The Morgan fingerprint density at radius 3 is 2.96 bits per heavy atom. The Morgan fingerprint density at radius 1 is 1.17 bits per heavy atom. The third kappa shape index (κ3) is 2.61. The van der Waals surface area contributed by atoms with Crippen molar-refractivity contribution >= 4 is 0 Å². The summed E-state index contributed by atoms with van der Waals surface area (Å²) in [5.74, 6) is 0. The number of aromatic nitrogens is 4. The van der Waals surface area contributed by atoms with E-state index in [1.54, 1.807) is 18.6 Å². The predicted molar refractivity (Wildman–Crippen MR) is 89.3 cm³/mol. The summed E-state index contributed by atoms with van der Waals surface area (Å²) in [6.45, 7) is 0.815. The van der Waals surface area contributed by atoms with Gasteiger partial charge in [-0.15, -0.1) is 0 Å². The van der Waals surface area contributed by atoms with Crippen LogP contribution >= 0.6 is 0 Å². The van der Waals surface area contributed by atoms with Crippen molar-refractivity contribution in [2.75, 3.05) is 6.54 Å². The molecule has 1 saturated heterocycles. The lowest BCUT2D eigenvalue weighted by molar-refractivity contribution is 0.367. The standard InChI is InChI=1S/C18H16N6/c19-12-24-8-2-4-18(24)17-10-16(22-23-17)13-5-7-21-15(9-13)14-3-1-6-20-11-14/h1,3,5-7,9-11,18H,2,4,8H2,(H,22,23). The first-order valence-electron chi connectivity index (χ1n) is 7.93. The first-order chi connectivity index (χ1) is 11.8. The minimum atomic E-state index is 0.107. The summed E-state index contributed by atoms with van der Waals surface area (Å²) in [4.78, 5) is 10.4. The van der Waals surface area contributed by atoms with Crippen LogP contribution < -0.4 is 0 Å². The van der Waals surface area contributed by atoms with E-state index in [4.69, 9.17) is 0 Å². The summed E-state index contributed by atoms with van der Waals surface area (Å²) in [6.07, 6.45) is 9.60. The van der Waals surface area contributed by atoms with Crippen LogP contribution in [0.4, 0.5) is 0 Å². The zero-order valence-electron chi connectivity index (χ0n) is 13.1. The first-order valence-corrected chi connectivity index (χ1v) is 7.93. The van der Waals surface area contributed by atoms with Gasteiger partial charge in [0.05, 0.1) is 23.1 Å². The quantitative estimate of drug-likeness (QED) is 0.751. The van der Waals surface area contributed by atoms with Crippen molar-refractivity contribution in [2.24, 2.45) is 0 Å². The van der Waals surface area contributed by atoms with Gasteiger partial charge in [-0.2, -0.15) is 10.4 Å². The molecule has 1 N–H and O–H groups in total. The van der Waals surface area contributed by atoms with E-state index < -0.39 is 0 Å². The second-order valence-electron chi connectivity index (χ2n) is 5.83. The van der Waals surface area contributed by atoms with E-state index in [9.17, 15) is 5.26 Å². The number of rotatable bonds is 3. The van der Waals surface area contributed by atoms with Gasteiger partial charge in [0.25, 0.3) is 0 Å². The van der Waals surface area contributed by atoms with Crippen LogP contribution in [0.1, 0.15) is 24.6 Å². The van der Waals surface area contributed by atoms with E-state index in [0.717, 1.165) is 47.6 Å². The number of nitrogens with one attached hydrogen (secondary N) is 1. The number of aromatic amines is 1. The van der Waals surface area contributed by atoms with Crippen LogP contribution in [-0.2, 0) is 0 Å². The summed E-state index contributed by atoms with van der Waals surface area (Å²) < 4.78 is 0. The van der Waals surface area contributed by atoms with Gasteiger partial charge in [0.1, 0.15) is 0 Å².